The minimum atomic E-state index is -3.74. The van der Waals surface area contributed by atoms with Gasteiger partial charge in [-0.25, -0.2) is 18.6 Å². The van der Waals surface area contributed by atoms with Crippen molar-refractivity contribution < 1.29 is 22.4 Å². The van der Waals surface area contributed by atoms with Crippen LogP contribution in [0, 0.1) is 0 Å². The summed E-state index contributed by atoms with van der Waals surface area (Å²) in [5, 5.41) is 6.51. The Morgan fingerprint density at radius 2 is 1.69 bits per heavy atom. The molecule has 9 nitrogen and oxygen atoms in total. The van der Waals surface area contributed by atoms with Gasteiger partial charge >= 0.3 is 11.8 Å². The normalized spacial score (nSPS) is 11.4. The number of carbonyl (C=O) groups is 2. The molecule has 0 aliphatic carbocycles. The number of hydrogen-bond donors (Lipinski definition) is 3. The zero-order valence-corrected chi connectivity index (χ0v) is 19.4. The van der Waals surface area contributed by atoms with Crippen LogP contribution in [-0.2, 0) is 26.2 Å². The van der Waals surface area contributed by atoms with Gasteiger partial charge in [-0.3, -0.25) is 9.59 Å². The van der Waals surface area contributed by atoms with Crippen molar-refractivity contribution in [1.29, 1.82) is 0 Å². The van der Waals surface area contributed by atoms with E-state index in [1.165, 1.54) is 36.5 Å². The molecule has 2 aromatic carbocycles. The van der Waals surface area contributed by atoms with Crippen LogP contribution in [0.25, 0.3) is 0 Å². The highest BCUT2D eigenvalue weighted by Gasteiger charge is 2.15. The fraction of sp³-hybridized carbons (Fsp3) is 0.0500. The van der Waals surface area contributed by atoms with Crippen LogP contribution in [0.3, 0.4) is 0 Å². The zero-order valence-electron chi connectivity index (χ0n) is 16.2. The summed E-state index contributed by atoms with van der Waals surface area (Å²) in [6.45, 7) is -0.0965. The Labute approximate surface area is 197 Å². The Morgan fingerprint density at radius 1 is 1.00 bits per heavy atom. The molecule has 0 unspecified atom stereocenters. The third kappa shape index (κ3) is 6.76. The molecule has 0 atom stereocenters. The van der Waals surface area contributed by atoms with Gasteiger partial charge in [0.15, 0.2) is 0 Å². The SMILES string of the molecule is O=C(N/N=C/c1ccc(CNS(=O)(=O)c2ccc(Cl)cc2)o1)C(=O)Nc1ccc(Br)cc1. The summed E-state index contributed by atoms with van der Waals surface area (Å²) in [5.74, 6) is -1.28. The molecule has 32 heavy (non-hydrogen) atoms. The van der Waals surface area contributed by atoms with E-state index in [4.69, 9.17) is 16.0 Å². The number of carbonyl (C=O) groups excluding carboxylic acids is 2. The lowest BCUT2D eigenvalue weighted by atomic mass is 10.3. The minimum absolute atomic E-state index is 0.0689. The number of benzene rings is 2. The van der Waals surface area contributed by atoms with Crippen LogP contribution in [0.15, 0.2) is 79.6 Å². The number of rotatable bonds is 7. The highest BCUT2D eigenvalue weighted by Crippen LogP contribution is 2.15. The third-order valence-electron chi connectivity index (χ3n) is 3.91. The maximum absolute atomic E-state index is 12.3. The monoisotopic (exact) mass is 538 g/mol. The van der Waals surface area contributed by atoms with Crippen molar-refractivity contribution in [2.75, 3.05) is 5.32 Å². The van der Waals surface area contributed by atoms with Crippen LogP contribution in [0.1, 0.15) is 11.5 Å². The van der Waals surface area contributed by atoms with Gasteiger partial charge in [0, 0.05) is 15.2 Å². The number of hydrazone groups is 1. The van der Waals surface area contributed by atoms with E-state index >= 15 is 0 Å². The van der Waals surface area contributed by atoms with Crippen molar-refractivity contribution >= 4 is 61.3 Å². The highest BCUT2D eigenvalue weighted by atomic mass is 79.9. The molecule has 0 bridgehead atoms. The van der Waals surface area contributed by atoms with Gasteiger partial charge in [-0.15, -0.1) is 0 Å². The van der Waals surface area contributed by atoms with E-state index in [-0.39, 0.29) is 17.2 Å². The van der Waals surface area contributed by atoms with Crippen molar-refractivity contribution in [3.63, 3.8) is 0 Å². The molecule has 3 N–H and O–H groups in total. The van der Waals surface area contributed by atoms with E-state index in [9.17, 15) is 18.0 Å². The molecule has 0 saturated heterocycles. The van der Waals surface area contributed by atoms with Crippen LogP contribution >= 0.6 is 27.5 Å². The lowest BCUT2D eigenvalue weighted by Gasteiger charge is -2.05. The topological polar surface area (TPSA) is 130 Å². The Kier molecular flexibility index (Phi) is 7.80. The van der Waals surface area contributed by atoms with E-state index in [0.717, 1.165) is 4.47 Å². The molecule has 0 saturated carbocycles. The van der Waals surface area contributed by atoms with Gasteiger partial charge in [-0.05, 0) is 60.7 Å². The van der Waals surface area contributed by atoms with E-state index in [1.807, 2.05) is 0 Å². The average Bonchev–Trinajstić information content (AvgIpc) is 3.22. The summed E-state index contributed by atoms with van der Waals surface area (Å²) in [7, 11) is -3.74. The first-order chi connectivity index (χ1) is 15.2. The summed E-state index contributed by atoms with van der Waals surface area (Å²) >= 11 is 9.04. The Morgan fingerprint density at radius 3 is 2.38 bits per heavy atom. The molecule has 0 aliphatic rings. The van der Waals surface area contributed by atoms with E-state index in [0.29, 0.717) is 16.5 Å². The molecule has 0 aliphatic heterocycles. The van der Waals surface area contributed by atoms with Gasteiger partial charge in [-0.1, -0.05) is 27.5 Å². The lowest BCUT2D eigenvalue weighted by molar-refractivity contribution is -0.136. The highest BCUT2D eigenvalue weighted by molar-refractivity contribution is 9.10. The minimum Gasteiger partial charge on any atom is -0.459 e. The first-order valence-corrected chi connectivity index (χ1v) is 11.6. The second kappa shape index (κ2) is 10.6. The molecular formula is C20H16BrClN4O5S. The first kappa shape index (κ1) is 23.7. The fourth-order valence-electron chi connectivity index (χ4n) is 2.35. The summed E-state index contributed by atoms with van der Waals surface area (Å²) in [6, 6.07) is 15.5. The molecule has 0 radical (unpaired) electrons. The maximum Gasteiger partial charge on any atom is 0.329 e. The van der Waals surface area contributed by atoms with Crippen molar-refractivity contribution in [2.45, 2.75) is 11.4 Å². The molecule has 0 spiro atoms. The molecule has 0 fully saturated rings. The van der Waals surface area contributed by atoms with Crippen molar-refractivity contribution in [3.05, 3.63) is 81.7 Å². The summed E-state index contributed by atoms with van der Waals surface area (Å²) in [6.07, 6.45) is 1.18. The largest absolute Gasteiger partial charge is 0.459 e. The van der Waals surface area contributed by atoms with Crippen molar-refractivity contribution in [2.24, 2.45) is 5.10 Å². The number of sulfonamides is 1. The first-order valence-electron chi connectivity index (χ1n) is 8.97. The third-order valence-corrected chi connectivity index (χ3v) is 6.11. The number of furan rings is 1. The smallest absolute Gasteiger partial charge is 0.329 e. The summed E-state index contributed by atoms with van der Waals surface area (Å²) in [5.41, 5.74) is 2.53. The Bertz CT molecular complexity index is 1240. The standard InChI is InChI=1S/C20H16BrClN4O5S/c21-13-1-5-15(6-2-13)25-19(27)20(28)26-23-11-16-7-8-17(31-16)12-24-32(29,30)18-9-3-14(22)4-10-18/h1-11,24H,12H2,(H,25,27)(H,26,28)/b23-11+. The van der Waals surface area contributed by atoms with Crippen molar-refractivity contribution in [1.82, 2.24) is 10.1 Å². The Hall–Kier alpha value is -2.99. The van der Waals surface area contributed by atoms with Crippen LogP contribution in [0.5, 0.6) is 0 Å². The molecular weight excluding hydrogens is 524 g/mol. The molecule has 166 valence electrons. The number of halogens is 2. The van der Waals surface area contributed by atoms with Crippen LogP contribution in [0.2, 0.25) is 5.02 Å². The van der Waals surface area contributed by atoms with Gasteiger partial charge in [0.1, 0.15) is 11.5 Å². The summed E-state index contributed by atoms with van der Waals surface area (Å²) in [4.78, 5) is 23.7. The summed E-state index contributed by atoms with van der Waals surface area (Å²) < 4.78 is 33.2. The number of nitrogens with one attached hydrogen (secondary N) is 3. The number of nitrogens with zero attached hydrogens (tertiary/aromatic N) is 1. The molecule has 3 rings (SSSR count). The molecule has 12 heteroatoms. The number of amides is 2. The van der Waals surface area contributed by atoms with E-state index < -0.39 is 21.8 Å². The maximum atomic E-state index is 12.3. The number of hydrogen-bond acceptors (Lipinski definition) is 6. The van der Waals surface area contributed by atoms with Gasteiger partial charge in [0.25, 0.3) is 0 Å². The fourth-order valence-corrected chi connectivity index (χ4v) is 3.73. The molecule has 3 aromatic rings. The van der Waals surface area contributed by atoms with Crippen molar-refractivity contribution in [3.8, 4) is 0 Å². The lowest BCUT2D eigenvalue weighted by Crippen LogP contribution is -2.32. The van der Waals surface area contributed by atoms with Gasteiger partial charge in [0.05, 0.1) is 17.7 Å². The average molecular weight is 540 g/mol. The predicted octanol–water partition coefficient (Wildman–Crippen LogP) is 3.26. The molecule has 1 aromatic heterocycles. The van der Waals surface area contributed by atoms with Gasteiger partial charge < -0.3 is 9.73 Å². The van der Waals surface area contributed by atoms with E-state index in [1.54, 1.807) is 30.3 Å². The van der Waals surface area contributed by atoms with Crippen LogP contribution in [0.4, 0.5) is 5.69 Å². The van der Waals surface area contributed by atoms with Crippen LogP contribution in [-0.4, -0.2) is 26.4 Å². The second-order valence-electron chi connectivity index (χ2n) is 6.24. The second-order valence-corrected chi connectivity index (χ2v) is 9.36. The predicted molar refractivity (Wildman–Crippen MR) is 123 cm³/mol. The Balaban J connectivity index is 1.49. The van der Waals surface area contributed by atoms with E-state index in [2.05, 4.69) is 36.5 Å². The molecule has 2 amide bonds. The van der Waals surface area contributed by atoms with Gasteiger partial charge in [-0.2, -0.15) is 5.10 Å². The number of anilines is 1. The quantitative estimate of drug-likeness (QED) is 0.241. The zero-order chi connectivity index (χ0) is 23.1. The van der Waals surface area contributed by atoms with Gasteiger partial charge in [0.2, 0.25) is 10.0 Å². The molecule has 1 heterocycles. The van der Waals surface area contributed by atoms with Crippen LogP contribution < -0.4 is 15.5 Å².